The Labute approximate surface area is 129 Å². The Balaban J connectivity index is 1.58. The molecule has 1 aliphatic heterocycles. The Morgan fingerprint density at radius 3 is 2.61 bits per heavy atom. The normalized spacial score (nSPS) is 14.4. The lowest BCUT2D eigenvalue weighted by molar-refractivity contribution is -0.286. The van der Waals surface area contributed by atoms with E-state index >= 15 is 0 Å². The highest BCUT2D eigenvalue weighted by Crippen LogP contribution is 2.42. The molecule has 0 unspecified atom stereocenters. The molecule has 1 aliphatic rings. The van der Waals surface area contributed by atoms with Gasteiger partial charge in [-0.2, -0.15) is 0 Å². The standard InChI is InChI=1S/C15H11F3N2O3/c16-9-2-1-3-11(6-9)20-14(21)8-19-10-4-5-12-13(7-10)23-15(17,18)22-12/h1-7,19H,8H2,(H,20,21). The van der Waals surface area contributed by atoms with Gasteiger partial charge in [0.05, 0.1) is 6.54 Å². The van der Waals surface area contributed by atoms with E-state index in [-0.39, 0.29) is 18.0 Å². The number of hydrogen-bond acceptors (Lipinski definition) is 4. The van der Waals surface area contributed by atoms with Gasteiger partial charge in [-0.25, -0.2) is 4.39 Å². The first kappa shape index (κ1) is 15.0. The quantitative estimate of drug-likeness (QED) is 0.907. The van der Waals surface area contributed by atoms with Crippen molar-refractivity contribution in [1.82, 2.24) is 0 Å². The van der Waals surface area contributed by atoms with Gasteiger partial charge < -0.3 is 20.1 Å². The Hall–Kier alpha value is -2.90. The third-order valence-corrected chi connectivity index (χ3v) is 2.96. The van der Waals surface area contributed by atoms with Gasteiger partial charge in [0.25, 0.3) is 0 Å². The van der Waals surface area contributed by atoms with Crippen LogP contribution in [0.4, 0.5) is 24.5 Å². The highest BCUT2D eigenvalue weighted by Gasteiger charge is 2.43. The number of hydrogen-bond donors (Lipinski definition) is 2. The van der Waals surface area contributed by atoms with Crippen LogP contribution in [0.3, 0.4) is 0 Å². The summed E-state index contributed by atoms with van der Waals surface area (Å²) in [7, 11) is 0. The molecule has 0 radical (unpaired) electrons. The number of nitrogens with one attached hydrogen (secondary N) is 2. The minimum absolute atomic E-state index is 0.0789. The topological polar surface area (TPSA) is 59.6 Å². The summed E-state index contributed by atoms with van der Waals surface area (Å²) < 4.78 is 47.4. The van der Waals surface area contributed by atoms with Crippen molar-refractivity contribution in [3.05, 3.63) is 48.3 Å². The third kappa shape index (κ3) is 3.65. The molecule has 2 aromatic carbocycles. The molecular formula is C15H11F3N2O3. The number of carbonyl (C=O) groups excluding carboxylic acids is 1. The van der Waals surface area contributed by atoms with Crippen molar-refractivity contribution in [2.24, 2.45) is 0 Å². The SMILES string of the molecule is O=C(CNc1ccc2c(c1)OC(F)(F)O2)Nc1cccc(F)c1. The maximum Gasteiger partial charge on any atom is 0.586 e. The summed E-state index contributed by atoms with van der Waals surface area (Å²) in [4.78, 5) is 11.8. The van der Waals surface area contributed by atoms with Gasteiger partial charge in [-0.05, 0) is 30.3 Å². The molecule has 8 heteroatoms. The van der Waals surface area contributed by atoms with E-state index in [0.29, 0.717) is 11.4 Å². The van der Waals surface area contributed by atoms with E-state index in [0.717, 1.165) is 0 Å². The molecule has 0 saturated heterocycles. The molecule has 2 N–H and O–H groups in total. The van der Waals surface area contributed by atoms with E-state index in [1.165, 1.54) is 36.4 Å². The van der Waals surface area contributed by atoms with E-state index in [1.54, 1.807) is 6.07 Å². The van der Waals surface area contributed by atoms with Crippen molar-refractivity contribution in [3.8, 4) is 11.5 Å². The van der Waals surface area contributed by atoms with Gasteiger partial charge in [0.1, 0.15) is 5.82 Å². The summed E-state index contributed by atoms with van der Waals surface area (Å²) in [6.07, 6.45) is -3.68. The number of alkyl halides is 2. The van der Waals surface area contributed by atoms with Crippen molar-refractivity contribution in [2.75, 3.05) is 17.2 Å². The molecule has 5 nitrogen and oxygen atoms in total. The fourth-order valence-electron chi connectivity index (χ4n) is 2.01. The highest BCUT2D eigenvalue weighted by molar-refractivity contribution is 5.93. The smallest absolute Gasteiger partial charge is 0.395 e. The van der Waals surface area contributed by atoms with Gasteiger partial charge in [0, 0.05) is 17.4 Å². The van der Waals surface area contributed by atoms with Crippen molar-refractivity contribution in [1.29, 1.82) is 0 Å². The van der Waals surface area contributed by atoms with Crippen molar-refractivity contribution in [2.45, 2.75) is 6.29 Å². The van der Waals surface area contributed by atoms with Gasteiger partial charge >= 0.3 is 6.29 Å². The largest absolute Gasteiger partial charge is 0.586 e. The number of halogens is 3. The highest BCUT2D eigenvalue weighted by atomic mass is 19.3. The minimum atomic E-state index is -3.68. The van der Waals surface area contributed by atoms with Crippen LogP contribution in [0.5, 0.6) is 11.5 Å². The molecule has 0 aromatic heterocycles. The zero-order chi connectivity index (χ0) is 16.4. The second-order valence-electron chi connectivity index (χ2n) is 4.74. The Bertz CT molecular complexity index is 752. The predicted octanol–water partition coefficient (Wildman–Crippen LogP) is 3.20. The number of carbonyl (C=O) groups is 1. The summed E-state index contributed by atoms with van der Waals surface area (Å²) in [5, 5.41) is 5.25. The molecule has 3 rings (SSSR count). The minimum Gasteiger partial charge on any atom is -0.395 e. The predicted molar refractivity (Wildman–Crippen MR) is 76.2 cm³/mol. The number of fused-ring (bicyclic) bond motifs is 1. The molecule has 1 heterocycles. The molecule has 120 valence electrons. The van der Waals surface area contributed by atoms with E-state index in [2.05, 4.69) is 20.1 Å². The molecule has 0 aliphatic carbocycles. The number of rotatable bonds is 4. The summed E-state index contributed by atoms with van der Waals surface area (Å²) >= 11 is 0. The van der Waals surface area contributed by atoms with Crippen LogP contribution in [-0.2, 0) is 4.79 Å². The molecule has 0 fully saturated rings. The average Bonchev–Trinajstić information content (AvgIpc) is 2.78. The Morgan fingerprint density at radius 1 is 1.04 bits per heavy atom. The lowest BCUT2D eigenvalue weighted by Gasteiger charge is -2.08. The lowest BCUT2D eigenvalue weighted by atomic mass is 10.2. The molecule has 0 bridgehead atoms. The number of amides is 1. The molecule has 0 saturated carbocycles. The van der Waals surface area contributed by atoms with Gasteiger partial charge in [-0.1, -0.05) is 6.07 Å². The lowest BCUT2D eigenvalue weighted by Crippen LogP contribution is -2.25. The first-order valence-corrected chi connectivity index (χ1v) is 6.60. The second kappa shape index (κ2) is 5.71. The first-order valence-electron chi connectivity index (χ1n) is 6.60. The van der Waals surface area contributed by atoms with Crippen LogP contribution in [-0.4, -0.2) is 18.7 Å². The maximum absolute atomic E-state index is 13.0. The van der Waals surface area contributed by atoms with Gasteiger partial charge in [-0.15, -0.1) is 8.78 Å². The van der Waals surface area contributed by atoms with Gasteiger partial charge in [-0.3, -0.25) is 4.79 Å². The molecule has 0 atom stereocenters. The van der Waals surface area contributed by atoms with Crippen LogP contribution >= 0.6 is 0 Å². The number of ether oxygens (including phenoxy) is 2. The third-order valence-electron chi connectivity index (χ3n) is 2.96. The first-order chi connectivity index (χ1) is 10.9. The van der Waals surface area contributed by atoms with Crippen molar-refractivity contribution >= 4 is 17.3 Å². The van der Waals surface area contributed by atoms with Crippen LogP contribution in [0.15, 0.2) is 42.5 Å². The van der Waals surface area contributed by atoms with E-state index < -0.39 is 18.0 Å². The fraction of sp³-hybridized carbons (Fsp3) is 0.133. The van der Waals surface area contributed by atoms with Crippen molar-refractivity contribution < 1.29 is 27.4 Å². The zero-order valence-corrected chi connectivity index (χ0v) is 11.6. The van der Waals surface area contributed by atoms with Crippen LogP contribution in [0.2, 0.25) is 0 Å². The van der Waals surface area contributed by atoms with Crippen LogP contribution < -0.4 is 20.1 Å². The molecule has 2 aromatic rings. The van der Waals surface area contributed by atoms with E-state index in [1.807, 2.05) is 0 Å². The Kier molecular flexibility index (Phi) is 3.73. The second-order valence-corrected chi connectivity index (χ2v) is 4.74. The summed E-state index contributed by atoms with van der Waals surface area (Å²) in [5.74, 6) is -1.08. The number of anilines is 2. The summed E-state index contributed by atoms with van der Waals surface area (Å²) in [5.41, 5.74) is 0.724. The van der Waals surface area contributed by atoms with Crippen molar-refractivity contribution in [3.63, 3.8) is 0 Å². The molecular weight excluding hydrogens is 313 g/mol. The Morgan fingerprint density at radius 2 is 1.83 bits per heavy atom. The average molecular weight is 324 g/mol. The molecule has 0 spiro atoms. The number of benzene rings is 2. The maximum atomic E-state index is 13.0. The molecule has 1 amide bonds. The van der Waals surface area contributed by atoms with Crippen LogP contribution in [0, 0.1) is 5.82 Å². The zero-order valence-electron chi connectivity index (χ0n) is 11.6. The summed E-state index contributed by atoms with van der Waals surface area (Å²) in [6, 6.07) is 9.53. The van der Waals surface area contributed by atoms with Gasteiger partial charge in [0.2, 0.25) is 5.91 Å². The van der Waals surface area contributed by atoms with Crippen LogP contribution in [0.25, 0.3) is 0 Å². The van der Waals surface area contributed by atoms with Gasteiger partial charge in [0.15, 0.2) is 11.5 Å². The van der Waals surface area contributed by atoms with E-state index in [9.17, 15) is 18.0 Å². The van der Waals surface area contributed by atoms with Crippen LogP contribution in [0.1, 0.15) is 0 Å². The monoisotopic (exact) mass is 324 g/mol. The van der Waals surface area contributed by atoms with E-state index in [4.69, 9.17) is 0 Å². The molecule has 23 heavy (non-hydrogen) atoms. The summed E-state index contributed by atoms with van der Waals surface area (Å²) in [6.45, 7) is -0.132. The fourth-order valence-corrected chi connectivity index (χ4v) is 2.01.